The van der Waals surface area contributed by atoms with Crippen LogP contribution in [0.4, 0.5) is 13.6 Å². The molecule has 0 saturated heterocycles. The summed E-state index contributed by atoms with van der Waals surface area (Å²) < 4.78 is 30.4. The second kappa shape index (κ2) is 8.98. The van der Waals surface area contributed by atoms with Crippen LogP contribution in [-0.2, 0) is 6.54 Å². The number of aromatic nitrogens is 2. The standard InChI is InChI=1S/C20H20F2N4O2/c1-14(16-7-9-18(10-8-16)28-19(21)22)25-20(27)23-11-15-12-24-26(13-15)17-5-3-2-4-6-17/h2-10,12-14,19H,11H2,1H3,(H2,23,25,27). The number of halogens is 2. The number of hydrogen-bond donors (Lipinski definition) is 2. The average Bonchev–Trinajstić information content (AvgIpc) is 3.16. The van der Waals surface area contributed by atoms with Crippen molar-refractivity contribution in [2.45, 2.75) is 26.1 Å². The Bertz CT molecular complexity index is 898. The maximum Gasteiger partial charge on any atom is 0.387 e. The van der Waals surface area contributed by atoms with Gasteiger partial charge in [-0.05, 0) is 36.8 Å². The Balaban J connectivity index is 1.49. The molecule has 0 saturated carbocycles. The molecule has 1 atom stereocenters. The number of urea groups is 1. The fraction of sp³-hybridized carbons (Fsp3) is 0.200. The van der Waals surface area contributed by atoms with E-state index in [1.54, 1.807) is 29.9 Å². The van der Waals surface area contributed by atoms with E-state index in [-0.39, 0.29) is 17.8 Å². The number of nitrogens with zero attached hydrogens (tertiary/aromatic N) is 2. The lowest BCUT2D eigenvalue weighted by Gasteiger charge is -2.15. The van der Waals surface area contributed by atoms with Crippen molar-refractivity contribution >= 4 is 6.03 Å². The number of nitrogens with one attached hydrogen (secondary N) is 2. The second-order valence-corrected chi connectivity index (χ2v) is 6.12. The lowest BCUT2D eigenvalue weighted by molar-refractivity contribution is -0.0498. The molecule has 3 rings (SSSR count). The van der Waals surface area contributed by atoms with Crippen molar-refractivity contribution in [1.29, 1.82) is 0 Å². The largest absolute Gasteiger partial charge is 0.435 e. The van der Waals surface area contributed by atoms with Gasteiger partial charge in [0.2, 0.25) is 0 Å². The van der Waals surface area contributed by atoms with Gasteiger partial charge in [-0.1, -0.05) is 30.3 Å². The SMILES string of the molecule is CC(NC(=O)NCc1cnn(-c2ccccc2)c1)c1ccc(OC(F)F)cc1. The van der Waals surface area contributed by atoms with E-state index in [1.807, 2.05) is 36.5 Å². The Morgan fingerprint density at radius 2 is 1.86 bits per heavy atom. The van der Waals surface area contributed by atoms with E-state index in [0.29, 0.717) is 6.54 Å². The zero-order valence-electron chi connectivity index (χ0n) is 15.2. The van der Waals surface area contributed by atoms with Gasteiger partial charge < -0.3 is 15.4 Å². The van der Waals surface area contributed by atoms with Crippen molar-refractivity contribution in [3.8, 4) is 11.4 Å². The highest BCUT2D eigenvalue weighted by Crippen LogP contribution is 2.19. The molecule has 2 aromatic carbocycles. The van der Waals surface area contributed by atoms with Crippen LogP contribution in [-0.4, -0.2) is 22.4 Å². The highest BCUT2D eigenvalue weighted by molar-refractivity contribution is 5.74. The topological polar surface area (TPSA) is 68.2 Å². The maximum atomic E-state index is 12.2. The first kappa shape index (κ1) is 19.3. The molecule has 0 fully saturated rings. The van der Waals surface area contributed by atoms with Gasteiger partial charge in [-0.3, -0.25) is 0 Å². The molecule has 8 heteroatoms. The molecule has 1 unspecified atom stereocenters. The molecular formula is C20H20F2N4O2. The van der Waals surface area contributed by atoms with E-state index in [9.17, 15) is 13.6 Å². The number of amides is 2. The summed E-state index contributed by atoms with van der Waals surface area (Å²) in [4.78, 5) is 12.1. The minimum Gasteiger partial charge on any atom is -0.435 e. The molecule has 6 nitrogen and oxygen atoms in total. The van der Waals surface area contributed by atoms with Gasteiger partial charge in [-0.25, -0.2) is 9.48 Å². The molecule has 0 spiro atoms. The summed E-state index contributed by atoms with van der Waals surface area (Å²) in [5.41, 5.74) is 2.57. The summed E-state index contributed by atoms with van der Waals surface area (Å²) in [6, 6.07) is 15.2. The third kappa shape index (κ3) is 5.29. The van der Waals surface area contributed by atoms with Crippen LogP contribution in [0, 0.1) is 0 Å². The number of ether oxygens (including phenoxy) is 1. The molecule has 0 bridgehead atoms. The summed E-state index contributed by atoms with van der Waals surface area (Å²) in [6.07, 6.45) is 3.54. The van der Waals surface area contributed by atoms with Crippen LogP contribution in [0.25, 0.3) is 5.69 Å². The first-order valence-electron chi connectivity index (χ1n) is 8.69. The van der Waals surface area contributed by atoms with Gasteiger partial charge in [0.25, 0.3) is 0 Å². The summed E-state index contributed by atoms with van der Waals surface area (Å²) in [5, 5.41) is 9.85. The van der Waals surface area contributed by atoms with Crippen molar-refractivity contribution in [2.24, 2.45) is 0 Å². The molecule has 1 heterocycles. The maximum absolute atomic E-state index is 12.2. The van der Waals surface area contributed by atoms with Gasteiger partial charge in [0, 0.05) is 18.3 Å². The molecule has 1 aromatic heterocycles. The van der Waals surface area contributed by atoms with Crippen molar-refractivity contribution in [3.05, 3.63) is 78.1 Å². The Morgan fingerprint density at radius 3 is 2.54 bits per heavy atom. The molecule has 0 aliphatic heterocycles. The smallest absolute Gasteiger partial charge is 0.387 e. The van der Waals surface area contributed by atoms with Crippen LogP contribution in [0.2, 0.25) is 0 Å². The number of hydrogen-bond acceptors (Lipinski definition) is 3. The van der Waals surface area contributed by atoms with Crippen molar-refractivity contribution < 1.29 is 18.3 Å². The predicted octanol–water partition coefficient (Wildman–Crippen LogP) is 4.03. The first-order chi connectivity index (χ1) is 13.5. The highest BCUT2D eigenvalue weighted by Gasteiger charge is 2.11. The van der Waals surface area contributed by atoms with Crippen LogP contribution >= 0.6 is 0 Å². The highest BCUT2D eigenvalue weighted by atomic mass is 19.3. The van der Waals surface area contributed by atoms with Crippen LogP contribution in [0.1, 0.15) is 24.1 Å². The Kier molecular flexibility index (Phi) is 6.21. The zero-order valence-corrected chi connectivity index (χ0v) is 15.2. The van der Waals surface area contributed by atoms with Gasteiger partial charge in [0.05, 0.1) is 17.9 Å². The summed E-state index contributed by atoms with van der Waals surface area (Å²) in [6.45, 7) is -0.735. The van der Waals surface area contributed by atoms with Gasteiger partial charge in [0.1, 0.15) is 5.75 Å². The minimum absolute atomic E-state index is 0.0748. The van der Waals surface area contributed by atoms with E-state index < -0.39 is 6.61 Å². The monoisotopic (exact) mass is 386 g/mol. The zero-order chi connectivity index (χ0) is 19.9. The van der Waals surface area contributed by atoms with Gasteiger partial charge >= 0.3 is 12.6 Å². The van der Waals surface area contributed by atoms with E-state index in [4.69, 9.17) is 0 Å². The average molecular weight is 386 g/mol. The van der Waals surface area contributed by atoms with Crippen LogP contribution < -0.4 is 15.4 Å². The van der Waals surface area contributed by atoms with Crippen molar-refractivity contribution in [1.82, 2.24) is 20.4 Å². The summed E-state index contributed by atoms with van der Waals surface area (Å²) in [7, 11) is 0. The van der Waals surface area contributed by atoms with Gasteiger partial charge in [-0.2, -0.15) is 13.9 Å². The minimum atomic E-state index is -2.86. The molecule has 0 radical (unpaired) electrons. The molecule has 2 amide bonds. The number of alkyl halides is 2. The van der Waals surface area contributed by atoms with Crippen molar-refractivity contribution in [3.63, 3.8) is 0 Å². The van der Waals surface area contributed by atoms with E-state index in [2.05, 4.69) is 20.5 Å². The first-order valence-corrected chi connectivity index (χ1v) is 8.69. The second-order valence-electron chi connectivity index (χ2n) is 6.12. The molecular weight excluding hydrogens is 366 g/mol. The molecule has 2 N–H and O–H groups in total. The van der Waals surface area contributed by atoms with E-state index >= 15 is 0 Å². The van der Waals surface area contributed by atoms with Gasteiger partial charge in [0.15, 0.2) is 0 Å². The Labute approximate surface area is 161 Å². The van der Waals surface area contributed by atoms with Crippen LogP contribution in [0.3, 0.4) is 0 Å². The number of carbonyl (C=O) groups excluding carboxylic acids is 1. The Morgan fingerprint density at radius 1 is 1.14 bits per heavy atom. The summed E-state index contributed by atoms with van der Waals surface area (Å²) >= 11 is 0. The normalized spacial score (nSPS) is 11.9. The third-order valence-corrected chi connectivity index (χ3v) is 4.06. The molecule has 0 aliphatic carbocycles. The van der Waals surface area contributed by atoms with Crippen LogP contribution in [0.15, 0.2) is 67.0 Å². The molecule has 28 heavy (non-hydrogen) atoms. The number of rotatable bonds is 7. The van der Waals surface area contributed by atoms with Gasteiger partial charge in [-0.15, -0.1) is 0 Å². The van der Waals surface area contributed by atoms with E-state index in [1.165, 1.54) is 12.1 Å². The number of para-hydroxylation sites is 1. The molecule has 146 valence electrons. The fourth-order valence-corrected chi connectivity index (χ4v) is 2.62. The third-order valence-electron chi connectivity index (χ3n) is 4.06. The molecule has 0 aliphatic rings. The Hall–Kier alpha value is -3.42. The van der Waals surface area contributed by atoms with E-state index in [0.717, 1.165) is 16.8 Å². The number of benzene rings is 2. The lowest BCUT2D eigenvalue weighted by Crippen LogP contribution is -2.36. The summed E-state index contributed by atoms with van der Waals surface area (Å²) in [5.74, 6) is 0.0748. The van der Waals surface area contributed by atoms with Crippen molar-refractivity contribution in [2.75, 3.05) is 0 Å². The quantitative estimate of drug-likeness (QED) is 0.644. The fourth-order valence-electron chi connectivity index (χ4n) is 2.62. The number of carbonyl (C=O) groups is 1. The predicted molar refractivity (Wildman–Crippen MR) is 100 cm³/mol. The lowest BCUT2D eigenvalue weighted by atomic mass is 10.1. The van der Waals surface area contributed by atoms with Crippen LogP contribution in [0.5, 0.6) is 5.75 Å². The molecule has 3 aromatic rings.